The van der Waals surface area contributed by atoms with Crippen molar-refractivity contribution in [1.29, 1.82) is 0 Å². The van der Waals surface area contributed by atoms with E-state index in [1.807, 2.05) is 0 Å². The standard InChI is InChI=1S/C48H68O10/c1-5-9-15-23-53-41-29-35-36(30-42(41)54-24-16-10-6-2)40-34-46(58-28-20-14-22-48(51)52)44(56-26-18-12-8-4)32-38(40)37-31-43(55-25-17-11-7-3)45(33-39(35)37)57-27-19-13-21-47(49)50/h29-34H,5-28H2,1-4H3,(H,49,50)(H,51,52). The molecule has 58 heavy (non-hydrogen) atoms. The monoisotopic (exact) mass is 804 g/mol. The Morgan fingerprint density at radius 2 is 0.534 bits per heavy atom. The Labute approximate surface area is 345 Å². The molecular weight excluding hydrogens is 737 g/mol. The SMILES string of the molecule is CCCCCOc1cc2c(cc1OCCCCC)c1cc(OCCCCC(=O)O)c(OCCCCC)cc1c1cc(OCCCCC)c(OCCCCC(=O)O)cc21. The van der Waals surface area contributed by atoms with E-state index >= 15 is 0 Å². The second kappa shape index (κ2) is 25.7. The Hall–Kier alpha value is -4.60. The van der Waals surface area contributed by atoms with Crippen LogP contribution in [0.4, 0.5) is 0 Å². The van der Waals surface area contributed by atoms with Crippen LogP contribution >= 0.6 is 0 Å². The zero-order valence-corrected chi connectivity index (χ0v) is 35.6. The van der Waals surface area contributed by atoms with Crippen molar-refractivity contribution < 1.29 is 48.2 Å². The van der Waals surface area contributed by atoms with Gasteiger partial charge in [0.05, 0.1) is 39.6 Å². The van der Waals surface area contributed by atoms with Crippen LogP contribution in [-0.4, -0.2) is 61.8 Å². The van der Waals surface area contributed by atoms with Crippen LogP contribution in [-0.2, 0) is 9.59 Å². The minimum atomic E-state index is -0.814. The van der Waals surface area contributed by atoms with Gasteiger partial charge in [-0.3, -0.25) is 9.59 Å². The highest BCUT2D eigenvalue weighted by Gasteiger charge is 2.21. The van der Waals surface area contributed by atoms with Gasteiger partial charge in [-0.25, -0.2) is 0 Å². The highest BCUT2D eigenvalue weighted by molar-refractivity contribution is 6.26. The molecule has 0 atom stereocenters. The maximum atomic E-state index is 11.2. The molecule has 10 nitrogen and oxygen atoms in total. The number of unbranched alkanes of at least 4 members (excludes halogenated alkanes) is 10. The number of aliphatic carboxylic acids is 2. The van der Waals surface area contributed by atoms with E-state index in [1.54, 1.807) is 0 Å². The molecule has 4 rings (SSSR count). The molecule has 0 amide bonds. The van der Waals surface area contributed by atoms with E-state index < -0.39 is 11.9 Å². The largest absolute Gasteiger partial charge is 0.490 e. The summed E-state index contributed by atoms with van der Waals surface area (Å²) in [5, 5.41) is 24.1. The highest BCUT2D eigenvalue weighted by Crippen LogP contribution is 2.47. The summed E-state index contributed by atoms with van der Waals surface area (Å²) < 4.78 is 38.7. The molecule has 0 heterocycles. The Morgan fingerprint density at radius 3 is 0.707 bits per heavy atom. The van der Waals surface area contributed by atoms with Crippen molar-refractivity contribution in [3.05, 3.63) is 36.4 Å². The molecule has 4 aromatic carbocycles. The van der Waals surface area contributed by atoms with Crippen molar-refractivity contribution >= 4 is 44.3 Å². The summed E-state index contributed by atoms with van der Waals surface area (Å²) in [4.78, 5) is 22.4. The van der Waals surface area contributed by atoms with E-state index in [4.69, 9.17) is 28.4 Å². The summed E-state index contributed by atoms with van der Waals surface area (Å²) >= 11 is 0. The van der Waals surface area contributed by atoms with Gasteiger partial charge >= 0.3 is 11.9 Å². The molecule has 0 radical (unpaired) electrons. The van der Waals surface area contributed by atoms with Crippen LogP contribution in [0.3, 0.4) is 0 Å². The lowest BCUT2D eigenvalue weighted by atomic mass is 9.93. The molecule has 0 fully saturated rings. The normalized spacial score (nSPS) is 11.3. The Kier molecular flexibility index (Phi) is 20.4. The number of hydrogen-bond acceptors (Lipinski definition) is 8. The van der Waals surface area contributed by atoms with Crippen LogP contribution in [0.5, 0.6) is 34.5 Å². The van der Waals surface area contributed by atoms with E-state index in [1.165, 1.54) is 0 Å². The molecular formula is C48H68O10. The average Bonchev–Trinajstić information content (AvgIpc) is 3.21. The Balaban J connectivity index is 1.97. The molecule has 0 aliphatic carbocycles. The van der Waals surface area contributed by atoms with Crippen LogP contribution in [0.25, 0.3) is 32.3 Å². The van der Waals surface area contributed by atoms with Gasteiger partial charge in [0.25, 0.3) is 0 Å². The molecule has 2 N–H and O–H groups in total. The molecule has 0 unspecified atom stereocenters. The average molecular weight is 805 g/mol. The summed E-state index contributed by atoms with van der Waals surface area (Å²) in [7, 11) is 0. The molecule has 0 bridgehead atoms. The third-order valence-electron chi connectivity index (χ3n) is 10.2. The van der Waals surface area contributed by atoms with Gasteiger partial charge in [-0.2, -0.15) is 0 Å². The lowest BCUT2D eigenvalue weighted by Crippen LogP contribution is -2.05. The number of carboxylic acids is 2. The van der Waals surface area contributed by atoms with Gasteiger partial charge in [0.1, 0.15) is 0 Å². The zero-order valence-electron chi connectivity index (χ0n) is 35.6. The predicted molar refractivity (Wildman–Crippen MR) is 233 cm³/mol. The maximum Gasteiger partial charge on any atom is 0.303 e. The highest BCUT2D eigenvalue weighted by atomic mass is 16.5. The topological polar surface area (TPSA) is 130 Å². The number of hydrogen-bond donors (Lipinski definition) is 2. The molecule has 4 aromatic rings. The Morgan fingerprint density at radius 1 is 0.345 bits per heavy atom. The molecule has 0 aliphatic rings. The number of ether oxygens (including phenoxy) is 6. The summed E-state index contributed by atoms with van der Waals surface area (Å²) in [6, 6.07) is 12.4. The minimum Gasteiger partial charge on any atom is -0.490 e. The molecule has 320 valence electrons. The fourth-order valence-corrected chi connectivity index (χ4v) is 6.95. The first-order valence-electron chi connectivity index (χ1n) is 22.1. The first kappa shape index (κ1) is 46.1. The second-order valence-corrected chi connectivity index (χ2v) is 15.2. The van der Waals surface area contributed by atoms with Crippen molar-refractivity contribution in [1.82, 2.24) is 0 Å². The quantitative estimate of drug-likeness (QED) is 0.0363. The van der Waals surface area contributed by atoms with Crippen molar-refractivity contribution in [3.63, 3.8) is 0 Å². The smallest absolute Gasteiger partial charge is 0.303 e. The summed E-state index contributed by atoms with van der Waals surface area (Å²) in [6.07, 6.45) is 14.7. The number of rotatable bonds is 32. The summed E-state index contributed by atoms with van der Waals surface area (Å²) in [5.41, 5.74) is 0. The van der Waals surface area contributed by atoms with E-state index in [9.17, 15) is 19.8 Å². The van der Waals surface area contributed by atoms with Gasteiger partial charge in [0.15, 0.2) is 34.5 Å². The lowest BCUT2D eigenvalue weighted by Gasteiger charge is -2.21. The van der Waals surface area contributed by atoms with Gasteiger partial charge in [0.2, 0.25) is 0 Å². The molecule has 0 spiro atoms. The van der Waals surface area contributed by atoms with Crippen LogP contribution < -0.4 is 28.4 Å². The zero-order chi connectivity index (χ0) is 41.5. The number of benzene rings is 4. The first-order chi connectivity index (χ1) is 28.3. The Bertz CT molecular complexity index is 1710. The molecule has 0 aromatic heterocycles. The van der Waals surface area contributed by atoms with Crippen LogP contribution in [0.15, 0.2) is 36.4 Å². The van der Waals surface area contributed by atoms with Gasteiger partial charge in [-0.1, -0.05) is 79.1 Å². The van der Waals surface area contributed by atoms with Crippen molar-refractivity contribution in [2.75, 3.05) is 39.6 Å². The van der Waals surface area contributed by atoms with Gasteiger partial charge < -0.3 is 38.6 Å². The van der Waals surface area contributed by atoms with Crippen LogP contribution in [0, 0.1) is 0 Å². The van der Waals surface area contributed by atoms with E-state index in [0.717, 1.165) is 109 Å². The molecule has 0 saturated carbocycles. The second-order valence-electron chi connectivity index (χ2n) is 15.2. The maximum absolute atomic E-state index is 11.2. The van der Waals surface area contributed by atoms with Crippen LogP contribution in [0.2, 0.25) is 0 Å². The molecule has 0 aliphatic heterocycles. The fraction of sp³-hybridized carbons (Fsp3) is 0.583. The minimum absolute atomic E-state index is 0.0961. The fourth-order valence-electron chi connectivity index (χ4n) is 6.95. The van der Waals surface area contributed by atoms with Gasteiger partial charge in [0, 0.05) is 12.8 Å². The first-order valence-corrected chi connectivity index (χ1v) is 22.1. The van der Waals surface area contributed by atoms with Gasteiger partial charge in [-0.05, 0) is 120 Å². The van der Waals surface area contributed by atoms with Crippen molar-refractivity contribution in [3.8, 4) is 34.5 Å². The van der Waals surface area contributed by atoms with Crippen LogP contribution in [0.1, 0.15) is 143 Å². The summed E-state index contributed by atoms with van der Waals surface area (Å²) in [5.74, 6) is 2.27. The molecule has 0 saturated heterocycles. The van der Waals surface area contributed by atoms with Gasteiger partial charge in [-0.15, -0.1) is 0 Å². The molecule has 10 heteroatoms. The van der Waals surface area contributed by atoms with E-state index in [0.29, 0.717) is 99.8 Å². The lowest BCUT2D eigenvalue weighted by molar-refractivity contribution is -0.138. The number of carboxylic acid groups (broad SMARTS) is 2. The number of carbonyl (C=O) groups is 2. The van der Waals surface area contributed by atoms with Crippen molar-refractivity contribution in [2.45, 2.75) is 143 Å². The predicted octanol–water partition coefficient (Wildman–Crippen LogP) is 12.7. The third kappa shape index (κ3) is 14.3. The summed E-state index contributed by atoms with van der Waals surface area (Å²) in [6.45, 7) is 11.7. The number of fused-ring (bicyclic) bond motifs is 6. The van der Waals surface area contributed by atoms with E-state index in [2.05, 4.69) is 64.1 Å². The van der Waals surface area contributed by atoms with E-state index in [-0.39, 0.29) is 12.8 Å². The van der Waals surface area contributed by atoms with Crippen molar-refractivity contribution in [2.24, 2.45) is 0 Å². The third-order valence-corrected chi connectivity index (χ3v) is 10.2.